The molecule has 128 valence electrons. The van der Waals surface area contributed by atoms with Crippen LogP contribution < -0.4 is 4.72 Å². The Morgan fingerprint density at radius 3 is 2.21 bits per heavy atom. The number of aliphatic hydroxyl groups excluding tert-OH is 1. The predicted molar refractivity (Wildman–Crippen MR) is 89.1 cm³/mol. The second-order valence-electron chi connectivity index (χ2n) is 5.51. The van der Waals surface area contributed by atoms with Gasteiger partial charge in [-0.05, 0) is 31.0 Å². The summed E-state index contributed by atoms with van der Waals surface area (Å²) in [6.45, 7) is 1.83. The smallest absolute Gasteiger partial charge is 0.334 e. The Kier molecular flexibility index (Phi) is 5.71. The van der Waals surface area contributed by atoms with E-state index in [2.05, 4.69) is 4.72 Å². The maximum atomic E-state index is 12.5. The Bertz CT molecular complexity index is 787. The van der Waals surface area contributed by atoms with Gasteiger partial charge in [0.1, 0.15) is 0 Å². The van der Waals surface area contributed by atoms with Gasteiger partial charge in [-0.25, -0.2) is 17.9 Å². The van der Waals surface area contributed by atoms with E-state index in [1.165, 1.54) is 12.1 Å². The number of aryl methyl sites for hydroxylation is 1. The standard InChI is InChI=1S/C17H19NO5S/c1-12-7-9-14(10-8-12)24(22,23)18-15(16(19)17(20)21)11-13-5-3-2-4-6-13/h2-10,15-16,18-19H,11H2,1H3,(H,20,21)/t15-,16?/m0/s1. The van der Waals surface area contributed by atoms with Crippen molar-refractivity contribution in [2.75, 3.05) is 0 Å². The van der Waals surface area contributed by atoms with Crippen LogP contribution in [0.25, 0.3) is 0 Å². The van der Waals surface area contributed by atoms with Crippen LogP contribution in [0.3, 0.4) is 0 Å². The third-order valence-corrected chi connectivity index (χ3v) is 5.08. The highest BCUT2D eigenvalue weighted by Crippen LogP contribution is 2.14. The zero-order valence-corrected chi connectivity index (χ0v) is 13.9. The fourth-order valence-electron chi connectivity index (χ4n) is 2.24. The second kappa shape index (κ2) is 7.57. The normalized spacial score (nSPS) is 14.1. The molecule has 0 bridgehead atoms. The molecule has 2 aromatic carbocycles. The monoisotopic (exact) mass is 349 g/mol. The Labute approximate surface area is 140 Å². The number of hydrogen-bond donors (Lipinski definition) is 3. The molecule has 0 fully saturated rings. The Balaban J connectivity index is 2.27. The number of hydrogen-bond acceptors (Lipinski definition) is 4. The van der Waals surface area contributed by atoms with Crippen molar-refractivity contribution in [3.05, 3.63) is 65.7 Å². The number of nitrogens with one attached hydrogen (secondary N) is 1. The summed E-state index contributed by atoms with van der Waals surface area (Å²) in [4.78, 5) is 11.1. The van der Waals surface area contributed by atoms with Crippen molar-refractivity contribution >= 4 is 16.0 Å². The van der Waals surface area contributed by atoms with Gasteiger partial charge in [0.2, 0.25) is 10.0 Å². The molecule has 0 aliphatic heterocycles. The van der Waals surface area contributed by atoms with E-state index in [9.17, 15) is 18.3 Å². The van der Waals surface area contributed by atoms with E-state index in [0.717, 1.165) is 11.1 Å². The van der Waals surface area contributed by atoms with Crippen molar-refractivity contribution in [2.24, 2.45) is 0 Å². The minimum atomic E-state index is -3.95. The van der Waals surface area contributed by atoms with Crippen LogP contribution in [-0.4, -0.2) is 36.7 Å². The van der Waals surface area contributed by atoms with E-state index in [1.807, 2.05) is 6.92 Å². The molecule has 0 radical (unpaired) electrons. The maximum Gasteiger partial charge on any atom is 0.334 e. The molecule has 0 aliphatic rings. The lowest BCUT2D eigenvalue weighted by atomic mass is 10.0. The highest BCUT2D eigenvalue weighted by Gasteiger charge is 2.30. The molecule has 1 unspecified atom stereocenters. The first kappa shape index (κ1) is 18.1. The van der Waals surface area contributed by atoms with Gasteiger partial charge in [0.15, 0.2) is 6.10 Å². The van der Waals surface area contributed by atoms with Crippen LogP contribution in [0.4, 0.5) is 0 Å². The second-order valence-corrected chi connectivity index (χ2v) is 7.23. The predicted octanol–water partition coefficient (Wildman–Crippen LogP) is 1.33. The van der Waals surface area contributed by atoms with E-state index < -0.39 is 28.1 Å². The zero-order chi connectivity index (χ0) is 17.7. The third-order valence-electron chi connectivity index (χ3n) is 3.57. The summed E-state index contributed by atoms with van der Waals surface area (Å²) < 4.78 is 27.2. The highest BCUT2D eigenvalue weighted by molar-refractivity contribution is 7.89. The molecule has 6 nitrogen and oxygen atoms in total. The molecular weight excluding hydrogens is 330 g/mol. The van der Waals surface area contributed by atoms with Crippen molar-refractivity contribution in [3.8, 4) is 0 Å². The van der Waals surface area contributed by atoms with Crippen LogP contribution in [0.5, 0.6) is 0 Å². The molecule has 7 heteroatoms. The largest absolute Gasteiger partial charge is 0.479 e. The number of rotatable bonds is 7. The number of aliphatic carboxylic acids is 1. The van der Waals surface area contributed by atoms with E-state index in [1.54, 1.807) is 42.5 Å². The number of sulfonamides is 1. The van der Waals surface area contributed by atoms with Crippen molar-refractivity contribution in [2.45, 2.75) is 30.4 Å². The Morgan fingerprint density at radius 1 is 1.08 bits per heavy atom. The molecule has 2 aromatic rings. The number of benzene rings is 2. The maximum absolute atomic E-state index is 12.5. The average molecular weight is 349 g/mol. The van der Waals surface area contributed by atoms with E-state index in [4.69, 9.17) is 5.11 Å². The first-order chi connectivity index (χ1) is 11.3. The number of aliphatic hydroxyl groups is 1. The summed E-state index contributed by atoms with van der Waals surface area (Å²) in [6, 6.07) is 13.8. The minimum absolute atomic E-state index is 0.0174. The number of carboxylic acids is 1. The van der Waals surface area contributed by atoms with Gasteiger partial charge in [0, 0.05) is 0 Å². The lowest BCUT2D eigenvalue weighted by molar-refractivity contribution is -0.147. The molecule has 0 aromatic heterocycles. The lowest BCUT2D eigenvalue weighted by Crippen LogP contribution is -2.48. The van der Waals surface area contributed by atoms with Gasteiger partial charge in [0.25, 0.3) is 0 Å². The molecule has 0 amide bonds. The first-order valence-electron chi connectivity index (χ1n) is 7.33. The fourth-order valence-corrected chi connectivity index (χ4v) is 3.48. The zero-order valence-electron chi connectivity index (χ0n) is 13.1. The summed E-state index contributed by atoms with van der Waals surface area (Å²) in [6.07, 6.45) is -1.80. The summed E-state index contributed by atoms with van der Waals surface area (Å²) in [5, 5.41) is 18.9. The van der Waals surface area contributed by atoms with Gasteiger partial charge >= 0.3 is 5.97 Å². The van der Waals surface area contributed by atoms with E-state index >= 15 is 0 Å². The molecule has 0 heterocycles. The van der Waals surface area contributed by atoms with Gasteiger partial charge in [-0.3, -0.25) is 0 Å². The molecule has 2 atom stereocenters. The molecule has 0 aliphatic carbocycles. The quantitative estimate of drug-likeness (QED) is 0.700. The van der Waals surface area contributed by atoms with Crippen LogP contribution in [0.15, 0.2) is 59.5 Å². The van der Waals surface area contributed by atoms with Crippen LogP contribution >= 0.6 is 0 Å². The van der Waals surface area contributed by atoms with Gasteiger partial charge in [0.05, 0.1) is 10.9 Å². The molecule has 24 heavy (non-hydrogen) atoms. The minimum Gasteiger partial charge on any atom is -0.479 e. The third kappa shape index (κ3) is 4.64. The summed E-state index contributed by atoms with van der Waals surface area (Å²) >= 11 is 0. The molecule has 0 saturated carbocycles. The SMILES string of the molecule is Cc1ccc(S(=O)(=O)N[C@@H](Cc2ccccc2)C(O)C(=O)O)cc1. The van der Waals surface area contributed by atoms with Crippen LogP contribution in [0, 0.1) is 6.92 Å². The summed E-state index contributed by atoms with van der Waals surface area (Å²) in [7, 11) is -3.95. The van der Waals surface area contributed by atoms with Crippen LogP contribution in [0.1, 0.15) is 11.1 Å². The van der Waals surface area contributed by atoms with Crippen molar-refractivity contribution in [1.29, 1.82) is 0 Å². The van der Waals surface area contributed by atoms with Crippen LogP contribution in [-0.2, 0) is 21.2 Å². The van der Waals surface area contributed by atoms with Gasteiger partial charge in [-0.1, -0.05) is 48.0 Å². The highest BCUT2D eigenvalue weighted by atomic mass is 32.2. The Morgan fingerprint density at radius 2 is 1.67 bits per heavy atom. The van der Waals surface area contributed by atoms with Crippen molar-refractivity contribution < 1.29 is 23.4 Å². The topological polar surface area (TPSA) is 104 Å². The van der Waals surface area contributed by atoms with Gasteiger partial charge in [-0.2, -0.15) is 0 Å². The van der Waals surface area contributed by atoms with Crippen LogP contribution in [0.2, 0.25) is 0 Å². The number of carboxylic acid groups (broad SMARTS) is 1. The van der Waals surface area contributed by atoms with E-state index in [0.29, 0.717) is 0 Å². The molecule has 3 N–H and O–H groups in total. The Hall–Kier alpha value is -2.22. The van der Waals surface area contributed by atoms with Gasteiger partial charge in [-0.15, -0.1) is 0 Å². The molecule has 0 spiro atoms. The molecule has 0 saturated heterocycles. The van der Waals surface area contributed by atoms with Crippen molar-refractivity contribution in [3.63, 3.8) is 0 Å². The van der Waals surface area contributed by atoms with Gasteiger partial charge < -0.3 is 10.2 Å². The lowest BCUT2D eigenvalue weighted by Gasteiger charge is -2.21. The molecule has 2 rings (SSSR count). The van der Waals surface area contributed by atoms with Crippen molar-refractivity contribution in [1.82, 2.24) is 4.72 Å². The summed E-state index contributed by atoms with van der Waals surface area (Å²) in [5.74, 6) is -1.48. The molecular formula is C17H19NO5S. The number of carbonyl (C=O) groups is 1. The summed E-state index contributed by atoms with van der Waals surface area (Å²) in [5.41, 5.74) is 1.62. The average Bonchev–Trinajstić information content (AvgIpc) is 2.54. The fraction of sp³-hybridized carbons (Fsp3) is 0.235. The van der Waals surface area contributed by atoms with E-state index in [-0.39, 0.29) is 11.3 Å². The first-order valence-corrected chi connectivity index (χ1v) is 8.82.